The van der Waals surface area contributed by atoms with Gasteiger partial charge in [-0.2, -0.15) is 0 Å². The lowest BCUT2D eigenvalue weighted by atomic mass is 10.00. The molecular weight excluding hydrogens is 208 g/mol. The van der Waals surface area contributed by atoms with Crippen LogP contribution >= 0.6 is 0 Å². The minimum atomic E-state index is -0.499. The van der Waals surface area contributed by atoms with Crippen LogP contribution in [0.1, 0.15) is 26.5 Å². The molecule has 0 aliphatic rings. The molecule has 0 aliphatic heterocycles. The highest BCUT2D eigenvalue weighted by atomic mass is 16.5. The molecule has 1 amide bonds. The van der Waals surface area contributed by atoms with Crippen LogP contribution < -0.4 is 5.32 Å². The Balaban J connectivity index is 2.31. The van der Waals surface area contributed by atoms with Gasteiger partial charge >= 0.3 is 6.09 Å². The number of amides is 1. The van der Waals surface area contributed by atoms with Crippen molar-refractivity contribution in [2.75, 3.05) is 11.9 Å². The number of anilines is 1. The lowest BCUT2D eigenvalue weighted by Crippen LogP contribution is -2.20. The number of carbonyl (C=O) groups is 1. The summed E-state index contributed by atoms with van der Waals surface area (Å²) in [5.41, 5.74) is 0. The molecule has 1 N–H and O–H groups in total. The third-order valence-corrected chi connectivity index (χ3v) is 2.47. The topological polar surface area (TPSA) is 64.4 Å². The highest BCUT2D eigenvalue weighted by Crippen LogP contribution is 2.11. The zero-order valence-corrected chi connectivity index (χ0v) is 10.1. The molecule has 1 atom stereocenters. The molecule has 0 fully saturated rings. The highest BCUT2D eigenvalue weighted by molar-refractivity contribution is 5.83. The molecule has 0 saturated carbocycles. The van der Waals surface area contributed by atoms with E-state index in [0.29, 0.717) is 30.0 Å². The van der Waals surface area contributed by atoms with Crippen LogP contribution in [0.3, 0.4) is 0 Å². The molecule has 1 rings (SSSR count). The van der Waals surface area contributed by atoms with Crippen LogP contribution in [0.25, 0.3) is 0 Å². The normalized spacial score (nSPS) is 12.6. The Kier molecular flexibility index (Phi) is 4.34. The molecule has 5 nitrogen and oxygen atoms in total. The van der Waals surface area contributed by atoms with Gasteiger partial charge in [-0.05, 0) is 18.8 Å². The maximum Gasteiger partial charge on any atom is 0.412 e. The molecule has 0 spiro atoms. The van der Waals surface area contributed by atoms with Crippen molar-refractivity contribution in [3.8, 4) is 0 Å². The molecule has 1 aromatic rings. The van der Waals surface area contributed by atoms with E-state index in [4.69, 9.17) is 9.26 Å². The van der Waals surface area contributed by atoms with Gasteiger partial charge in [0.25, 0.3) is 0 Å². The first-order valence-corrected chi connectivity index (χ1v) is 5.36. The molecule has 90 valence electrons. The van der Waals surface area contributed by atoms with Gasteiger partial charge in [0.15, 0.2) is 5.82 Å². The largest absolute Gasteiger partial charge is 0.449 e. The van der Waals surface area contributed by atoms with Gasteiger partial charge in [-0.1, -0.05) is 25.9 Å². The summed E-state index contributed by atoms with van der Waals surface area (Å²) < 4.78 is 9.86. The number of aryl methyl sites for hydroxylation is 1. The van der Waals surface area contributed by atoms with Crippen LogP contribution in [0.5, 0.6) is 0 Å². The zero-order chi connectivity index (χ0) is 12.1. The smallest absolute Gasteiger partial charge is 0.412 e. The number of hydrogen-bond donors (Lipinski definition) is 1. The van der Waals surface area contributed by atoms with Crippen LogP contribution in [0, 0.1) is 18.8 Å². The number of aromatic nitrogens is 1. The minimum Gasteiger partial charge on any atom is -0.449 e. The van der Waals surface area contributed by atoms with Gasteiger partial charge in [0.05, 0.1) is 6.61 Å². The summed E-state index contributed by atoms with van der Waals surface area (Å²) in [7, 11) is 0. The Morgan fingerprint density at radius 2 is 2.25 bits per heavy atom. The van der Waals surface area contributed by atoms with Crippen LogP contribution in [0.4, 0.5) is 10.6 Å². The summed E-state index contributed by atoms with van der Waals surface area (Å²) in [6.07, 6.45) is -0.499. The Bertz CT molecular complexity index is 347. The predicted molar refractivity (Wildman–Crippen MR) is 60.2 cm³/mol. The molecule has 0 radical (unpaired) electrons. The van der Waals surface area contributed by atoms with Gasteiger partial charge in [-0.25, -0.2) is 4.79 Å². The lowest BCUT2D eigenvalue weighted by Gasteiger charge is -2.14. The van der Waals surface area contributed by atoms with Crippen molar-refractivity contribution in [2.45, 2.75) is 27.7 Å². The molecule has 0 saturated heterocycles. The summed E-state index contributed by atoms with van der Waals surface area (Å²) >= 11 is 0. The molecule has 0 aromatic carbocycles. The van der Waals surface area contributed by atoms with Crippen LogP contribution in [-0.4, -0.2) is 17.9 Å². The fourth-order valence-electron chi connectivity index (χ4n) is 0.966. The quantitative estimate of drug-likeness (QED) is 0.857. The third-order valence-electron chi connectivity index (χ3n) is 2.47. The summed E-state index contributed by atoms with van der Waals surface area (Å²) in [5.74, 6) is 1.84. The summed E-state index contributed by atoms with van der Waals surface area (Å²) in [5, 5.41) is 6.12. The van der Waals surface area contributed by atoms with Crippen LogP contribution in [0.15, 0.2) is 10.6 Å². The maximum atomic E-state index is 11.3. The minimum absolute atomic E-state index is 0.338. The second kappa shape index (κ2) is 5.53. The van der Waals surface area contributed by atoms with E-state index in [1.165, 1.54) is 0 Å². The van der Waals surface area contributed by atoms with Crippen molar-refractivity contribution in [3.63, 3.8) is 0 Å². The van der Waals surface area contributed by atoms with Crippen molar-refractivity contribution >= 4 is 11.9 Å². The van der Waals surface area contributed by atoms with Crippen LogP contribution in [-0.2, 0) is 4.74 Å². The molecule has 1 heterocycles. The fourth-order valence-corrected chi connectivity index (χ4v) is 0.966. The fraction of sp³-hybridized carbons (Fsp3) is 0.636. The van der Waals surface area contributed by atoms with Crippen molar-refractivity contribution in [3.05, 3.63) is 11.8 Å². The molecule has 16 heavy (non-hydrogen) atoms. The van der Waals surface area contributed by atoms with Crippen molar-refractivity contribution < 1.29 is 14.1 Å². The van der Waals surface area contributed by atoms with Gasteiger partial charge in [0, 0.05) is 6.07 Å². The second-order valence-corrected chi connectivity index (χ2v) is 4.27. The molecule has 0 aliphatic carbocycles. The SMILES string of the molecule is Cc1cc(NC(=O)OC[C@H](C)C(C)C)no1. The number of nitrogens with zero attached hydrogens (tertiary/aromatic N) is 1. The first kappa shape index (κ1) is 12.5. The summed E-state index contributed by atoms with van der Waals surface area (Å²) in [4.78, 5) is 11.3. The highest BCUT2D eigenvalue weighted by Gasteiger charge is 2.11. The van der Waals surface area contributed by atoms with Crippen molar-refractivity contribution in [1.29, 1.82) is 0 Å². The second-order valence-electron chi connectivity index (χ2n) is 4.27. The Hall–Kier alpha value is -1.52. The molecule has 1 aromatic heterocycles. The van der Waals surface area contributed by atoms with E-state index < -0.39 is 6.09 Å². The van der Waals surface area contributed by atoms with Gasteiger partial charge in [-0.15, -0.1) is 0 Å². The maximum absolute atomic E-state index is 11.3. The summed E-state index contributed by atoms with van der Waals surface area (Å²) in [6, 6.07) is 1.63. The van der Waals surface area contributed by atoms with Gasteiger partial charge in [-0.3, -0.25) is 5.32 Å². The van der Waals surface area contributed by atoms with Crippen LogP contribution in [0.2, 0.25) is 0 Å². The average Bonchev–Trinajstić information content (AvgIpc) is 2.60. The zero-order valence-electron chi connectivity index (χ0n) is 10.1. The number of nitrogens with one attached hydrogen (secondary N) is 1. The molecular formula is C11H18N2O3. The van der Waals surface area contributed by atoms with E-state index in [9.17, 15) is 4.79 Å². The Morgan fingerprint density at radius 1 is 1.56 bits per heavy atom. The predicted octanol–water partition coefficient (Wildman–Crippen LogP) is 2.82. The van der Waals surface area contributed by atoms with E-state index in [1.807, 2.05) is 6.92 Å². The third kappa shape index (κ3) is 3.92. The molecule has 0 bridgehead atoms. The lowest BCUT2D eigenvalue weighted by molar-refractivity contribution is 0.132. The van der Waals surface area contributed by atoms with E-state index in [0.717, 1.165) is 0 Å². The Morgan fingerprint density at radius 3 is 2.75 bits per heavy atom. The number of ether oxygens (including phenoxy) is 1. The molecule has 5 heteroatoms. The number of carbonyl (C=O) groups excluding carboxylic acids is 1. The van der Waals surface area contributed by atoms with Gasteiger partial charge < -0.3 is 9.26 Å². The number of hydrogen-bond acceptors (Lipinski definition) is 4. The number of rotatable bonds is 4. The van der Waals surface area contributed by atoms with Crippen molar-refractivity contribution in [1.82, 2.24) is 5.16 Å². The summed E-state index contributed by atoms with van der Waals surface area (Å²) in [6.45, 7) is 8.38. The molecule has 0 unspecified atom stereocenters. The van der Waals surface area contributed by atoms with E-state index in [2.05, 4.69) is 24.3 Å². The standard InChI is InChI=1S/C11H18N2O3/c1-7(2)8(3)6-15-11(14)12-10-5-9(4)16-13-10/h5,7-8H,6H2,1-4H3,(H,12,13,14)/t8-/m0/s1. The van der Waals surface area contributed by atoms with Crippen molar-refractivity contribution in [2.24, 2.45) is 11.8 Å². The Labute approximate surface area is 95.1 Å². The van der Waals surface area contributed by atoms with E-state index in [-0.39, 0.29) is 0 Å². The van der Waals surface area contributed by atoms with Gasteiger partial charge in [0.2, 0.25) is 0 Å². The first-order valence-electron chi connectivity index (χ1n) is 5.36. The van der Waals surface area contributed by atoms with Gasteiger partial charge in [0.1, 0.15) is 5.76 Å². The average molecular weight is 226 g/mol. The van der Waals surface area contributed by atoms with E-state index in [1.54, 1.807) is 13.0 Å². The first-order chi connectivity index (χ1) is 7.49. The van der Waals surface area contributed by atoms with E-state index >= 15 is 0 Å². The monoisotopic (exact) mass is 226 g/mol.